The molecule has 244 valence electrons. The van der Waals surface area contributed by atoms with E-state index in [1.807, 2.05) is 49.4 Å². The molecule has 0 atom stereocenters. The molecule has 2 aliphatic heterocycles. The summed E-state index contributed by atoms with van der Waals surface area (Å²) in [6.07, 6.45) is 0. The molecule has 0 aliphatic carbocycles. The fourth-order valence-corrected chi connectivity index (χ4v) is 5.72. The summed E-state index contributed by atoms with van der Waals surface area (Å²) in [6.45, 7) is 8.40. The van der Waals surface area contributed by atoms with E-state index >= 15 is 0 Å². The van der Waals surface area contributed by atoms with Crippen LogP contribution in [0, 0.1) is 6.92 Å². The van der Waals surface area contributed by atoms with Crippen LogP contribution in [0.4, 0.5) is 5.69 Å². The maximum absolute atomic E-state index is 13.5. The number of anilines is 1. The van der Waals surface area contributed by atoms with Gasteiger partial charge in [-0.25, -0.2) is 4.90 Å². The number of hydrogen-bond donors (Lipinski definition) is 0. The van der Waals surface area contributed by atoms with Gasteiger partial charge in [0.25, 0.3) is 23.6 Å². The van der Waals surface area contributed by atoms with Crippen molar-refractivity contribution < 1.29 is 33.4 Å². The molecule has 7 rings (SSSR count). The van der Waals surface area contributed by atoms with Crippen LogP contribution < -0.4 is 19.1 Å². The van der Waals surface area contributed by atoms with Crippen LogP contribution in [0.3, 0.4) is 0 Å². The average Bonchev–Trinajstić information content (AvgIpc) is 3.45. The molecule has 0 spiro atoms. The van der Waals surface area contributed by atoms with Gasteiger partial charge in [0.15, 0.2) is 11.5 Å². The number of fused-ring (bicyclic) bond motifs is 2. The van der Waals surface area contributed by atoms with Crippen LogP contribution >= 0.6 is 0 Å². The Balaban J connectivity index is 1.09. The smallest absolute Gasteiger partial charge is 0.266 e. The highest BCUT2D eigenvalue weighted by atomic mass is 16.5. The van der Waals surface area contributed by atoms with E-state index in [1.54, 1.807) is 36.4 Å². The van der Waals surface area contributed by atoms with Crippen molar-refractivity contribution in [1.29, 1.82) is 0 Å². The van der Waals surface area contributed by atoms with Gasteiger partial charge in [0.2, 0.25) is 0 Å². The monoisotopic (exact) mass is 652 g/mol. The molecule has 2 heterocycles. The Morgan fingerprint density at radius 2 is 0.980 bits per heavy atom. The summed E-state index contributed by atoms with van der Waals surface area (Å²) in [5.41, 5.74) is 3.46. The molecule has 49 heavy (non-hydrogen) atoms. The predicted molar refractivity (Wildman–Crippen MR) is 183 cm³/mol. The second kappa shape index (κ2) is 11.8. The summed E-state index contributed by atoms with van der Waals surface area (Å²) in [5, 5.41) is 0. The standard InChI is InChI=1S/C40H32N2O7/c1-23-6-11-26(12-7-23)49-35-20-24(40(2,3)4)8-19-34(35)48-27-13-9-25(10-14-27)42-38(45)31-18-16-29(22-33(31)39(42)46)47-28-15-17-30-32(21-28)37(44)41(5)36(30)43/h6-22H,1-5H3. The number of nitrogens with zero attached hydrogens (tertiary/aromatic N) is 2. The van der Waals surface area contributed by atoms with Gasteiger partial charge in [-0.3, -0.25) is 24.1 Å². The van der Waals surface area contributed by atoms with Crippen LogP contribution in [0.5, 0.6) is 34.5 Å². The van der Waals surface area contributed by atoms with Gasteiger partial charge < -0.3 is 14.2 Å². The van der Waals surface area contributed by atoms with Crippen molar-refractivity contribution in [3.8, 4) is 34.5 Å². The first-order valence-corrected chi connectivity index (χ1v) is 15.7. The van der Waals surface area contributed by atoms with Crippen molar-refractivity contribution in [2.24, 2.45) is 0 Å². The van der Waals surface area contributed by atoms with Gasteiger partial charge >= 0.3 is 0 Å². The lowest BCUT2D eigenvalue weighted by atomic mass is 9.87. The number of amides is 4. The molecular weight excluding hydrogens is 620 g/mol. The van der Waals surface area contributed by atoms with Gasteiger partial charge in [-0.05, 0) is 103 Å². The maximum Gasteiger partial charge on any atom is 0.266 e. The third kappa shape index (κ3) is 5.80. The Hall–Kier alpha value is -6.22. The molecule has 2 aliphatic rings. The summed E-state index contributed by atoms with van der Waals surface area (Å²) >= 11 is 0. The molecule has 9 heteroatoms. The number of carbonyl (C=O) groups is 4. The first-order chi connectivity index (χ1) is 23.4. The molecule has 0 unspecified atom stereocenters. The van der Waals surface area contributed by atoms with Crippen LogP contribution in [0.2, 0.25) is 0 Å². The van der Waals surface area contributed by atoms with E-state index in [0.29, 0.717) is 45.7 Å². The van der Waals surface area contributed by atoms with Crippen molar-refractivity contribution in [1.82, 2.24) is 4.90 Å². The largest absolute Gasteiger partial charge is 0.457 e. The highest BCUT2D eigenvalue weighted by Crippen LogP contribution is 2.40. The number of aryl methyl sites for hydroxylation is 1. The van der Waals surface area contributed by atoms with E-state index < -0.39 is 17.7 Å². The van der Waals surface area contributed by atoms with Crippen molar-refractivity contribution in [3.05, 3.63) is 137 Å². The minimum Gasteiger partial charge on any atom is -0.457 e. The Labute approximate surface area is 283 Å². The number of carbonyl (C=O) groups excluding carboxylic acids is 4. The second-order valence-corrected chi connectivity index (χ2v) is 13.1. The third-order valence-electron chi connectivity index (χ3n) is 8.54. The number of ether oxygens (including phenoxy) is 3. The number of rotatable bonds is 7. The fraction of sp³-hybridized carbons (Fsp3) is 0.150. The zero-order valence-corrected chi connectivity index (χ0v) is 27.6. The SMILES string of the molecule is Cc1ccc(Oc2cc(C(C)(C)C)ccc2Oc2ccc(N3C(=O)c4ccc(Oc5ccc6c(c5)C(=O)N(C)C6=O)cc4C3=O)cc2)cc1. The Morgan fingerprint density at radius 3 is 1.59 bits per heavy atom. The maximum atomic E-state index is 13.5. The molecule has 4 amide bonds. The molecule has 0 radical (unpaired) electrons. The lowest BCUT2D eigenvalue weighted by Crippen LogP contribution is -2.29. The molecule has 5 aromatic carbocycles. The summed E-state index contributed by atoms with van der Waals surface area (Å²) < 4.78 is 18.4. The molecule has 0 aromatic heterocycles. The highest BCUT2D eigenvalue weighted by Gasteiger charge is 2.37. The van der Waals surface area contributed by atoms with Crippen molar-refractivity contribution in [3.63, 3.8) is 0 Å². The Kier molecular flexibility index (Phi) is 7.55. The molecule has 0 saturated carbocycles. The van der Waals surface area contributed by atoms with Crippen LogP contribution in [0.1, 0.15) is 73.3 Å². The van der Waals surface area contributed by atoms with E-state index in [4.69, 9.17) is 14.2 Å². The number of hydrogen-bond acceptors (Lipinski definition) is 7. The molecule has 0 N–H and O–H groups in total. The zero-order valence-electron chi connectivity index (χ0n) is 27.6. The average molecular weight is 653 g/mol. The van der Waals surface area contributed by atoms with E-state index in [-0.39, 0.29) is 28.0 Å². The van der Waals surface area contributed by atoms with Gasteiger partial charge in [0, 0.05) is 7.05 Å². The highest BCUT2D eigenvalue weighted by molar-refractivity contribution is 6.34. The van der Waals surface area contributed by atoms with Crippen LogP contribution in [-0.4, -0.2) is 35.6 Å². The lowest BCUT2D eigenvalue weighted by molar-refractivity contribution is 0.0692. The Bertz CT molecular complexity index is 2180. The van der Waals surface area contributed by atoms with Gasteiger partial charge in [-0.15, -0.1) is 0 Å². The molecular formula is C40H32N2O7. The first-order valence-electron chi connectivity index (χ1n) is 15.7. The van der Waals surface area contributed by atoms with Gasteiger partial charge in [-0.2, -0.15) is 0 Å². The van der Waals surface area contributed by atoms with E-state index in [2.05, 4.69) is 20.8 Å². The number of imide groups is 2. The van der Waals surface area contributed by atoms with Gasteiger partial charge in [0.1, 0.15) is 23.0 Å². The molecule has 0 fully saturated rings. The van der Waals surface area contributed by atoms with Crippen molar-refractivity contribution in [2.45, 2.75) is 33.1 Å². The topological polar surface area (TPSA) is 102 Å². The van der Waals surface area contributed by atoms with Crippen molar-refractivity contribution >= 4 is 29.3 Å². The molecule has 5 aromatic rings. The van der Waals surface area contributed by atoms with E-state index in [9.17, 15) is 19.2 Å². The van der Waals surface area contributed by atoms with Gasteiger partial charge in [0.05, 0.1) is 27.9 Å². The fourth-order valence-electron chi connectivity index (χ4n) is 5.72. The molecule has 0 bridgehead atoms. The van der Waals surface area contributed by atoms with E-state index in [1.165, 1.54) is 31.3 Å². The molecule has 9 nitrogen and oxygen atoms in total. The van der Waals surface area contributed by atoms with Crippen LogP contribution in [0.15, 0.2) is 103 Å². The predicted octanol–water partition coefficient (Wildman–Crippen LogP) is 8.70. The van der Waals surface area contributed by atoms with Crippen molar-refractivity contribution in [2.75, 3.05) is 11.9 Å². The number of benzene rings is 5. The first kappa shape index (κ1) is 31.4. The summed E-state index contributed by atoms with van der Waals surface area (Å²) in [4.78, 5) is 53.7. The third-order valence-corrected chi connectivity index (χ3v) is 8.54. The summed E-state index contributed by atoms with van der Waals surface area (Å²) in [5.74, 6) is 1.12. The minimum atomic E-state index is -0.498. The minimum absolute atomic E-state index is 0.105. The lowest BCUT2D eigenvalue weighted by Gasteiger charge is -2.21. The zero-order chi connectivity index (χ0) is 34.6. The second-order valence-electron chi connectivity index (χ2n) is 13.1. The molecule has 0 saturated heterocycles. The summed E-state index contributed by atoms with van der Waals surface area (Å²) in [7, 11) is 1.42. The van der Waals surface area contributed by atoms with Crippen LogP contribution in [-0.2, 0) is 5.41 Å². The van der Waals surface area contributed by atoms with E-state index in [0.717, 1.165) is 20.9 Å². The Morgan fingerprint density at radius 1 is 0.490 bits per heavy atom. The summed E-state index contributed by atoms with van der Waals surface area (Å²) in [6, 6.07) is 29.5. The quantitative estimate of drug-likeness (QED) is 0.162. The van der Waals surface area contributed by atoms with Gasteiger partial charge in [-0.1, -0.05) is 44.5 Å². The normalized spacial score (nSPS) is 13.9. The van der Waals surface area contributed by atoms with Crippen LogP contribution in [0.25, 0.3) is 0 Å².